The van der Waals surface area contributed by atoms with E-state index < -0.39 is 17.7 Å². The fourth-order valence-corrected chi connectivity index (χ4v) is 4.02. The molecular formula is C25H22F3N5O. The predicted molar refractivity (Wildman–Crippen MR) is 123 cm³/mol. The van der Waals surface area contributed by atoms with Crippen LogP contribution in [0.25, 0.3) is 16.7 Å². The average Bonchev–Trinajstić information content (AvgIpc) is 3.05. The van der Waals surface area contributed by atoms with Crippen LogP contribution in [-0.4, -0.2) is 39.2 Å². The van der Waals surface area contributed by atoms with Crippen LogP contribution in [0.4, 0.5) is 24.7 Å². The third-order valence-electron chi connectivity index (χ3n) is 5.94. The molecule has 0 saturated heterocycles. The summed E-state index contributed by atoms with van der Waals surface area (Å²) in [6, 6.07) is 10.3. The van der Waals surface area contributed by atoms with Crippen molar-refractivity contribution in [1.82, 2.24) is 19.6 Å². The standard InChI is InChI=1S/C25H22F3N5O/c1-15-30-31-24-29-22(21-18(26)7-5-9-20(21)33(15)24)32-12-13-34-14-17-16(6-4-8-19(17)32)10-11-25(2,3)23(27)28/h4-9,23H,12-14H2,1-3H3. The fourth-order valence-electron chi connectivity index (χ4n) is 4.02. The Morgan fingerprint density at radius 3 is 2.71 bits per heavy atom. The number of hydrogen-bond acceptors (Lipinski definition) is 5. The van der Waals surface area contributed by atoms with Gasteiger partial charge >= 0.3 is 0 Å². The van der Waals surface area contributed by atoms with Crippen LogP contribution in [0, 0.1) is 30.0 Å². The Hall–Kier alpha value is -3.64. The largest absolute Gasteiger partial charge is 0.375 e. The van der Waals surface area contributed by atoms with E-state index in [4.69, 9.17) is 4.74 Å². The molecule has 9 heteroatoms. The first-order valence-corrected chi connectivity index (χ1v) is 10.9. The highest BCUT2D eigenvalue weighted by Crippen LogP contribution is 2.37. The molecule has 174 valence electrons. The summed E-state index contributed by atoms with van der Waals surface area (Å²) in [6.45, 7) is 5.61. The van der Waals surface area contributed by atoms with Crippen molar-refractivity contribution in [3.05, 3.63) is 59.2 Å². The molecule has 2 aromatic carbocycles. The molecule has 4 aromatic rings. The van der Waals surface area contributed by atoms with E-state index in [1.54, 1.807) is 35.6 Å². The molecule has 0 atom stereocenters. The topological polar surface area (TPSA) is 55.5 Å². The third-order valence-corrected chi connectivity index (χ3v) is 5.94. The number of aromatic nitrogens is 4. The van der Waals surface area contributed by atoms with Crippen molar-refractivity contribution in [2.45, 2.75) is 33.8 Å². The molecule has 0 N–H and O–H groups in total. The van der Waals surface area contributed by atoms with Crippen LogP contribution in [-0.2, 0) is 11.3 Å². The molecule has 0 saturated carbocycles. The minimum absolute atomic E-state index is 0.249. The Labute approximate surface area is 194 Å². The van der Waals surface area contributed by atoms with Gasteiger partial charge in [-0.25, -0.2) is 13.2 Å². The number of aryl methyl sites for hydroxylation is 1. The first-order chi connectivity index (χ1) is 16.3. The minimum Gasteiger partial charge on any atom is -0.375 e. The Balaban J connectivity index is 1.73. The summed E-state index contributed by atoms with van der Waals surface area (Å²) >= 11 is 0. The minimum atomic E-state index is -2.58. The smallest absolute Gasteiger partial charge is 0.257 e. The summed E-state index contributed by atoms with van der Waals surface area (Å²) in [5, 5.41) is 8.59. The second-order valence-electron chi connectivity index (χ2n) is 8.73. The maximum atomic E-state index is 15.2. The number of ether oxygens (including phenoxy) is 1. The SMILES string of the molecule is Cc1nnc2nc(N3CCOCc4c(C#CC(C)(C)C(F)F)cccc43)c3c(F)cccc3n12. The lowest BCUT2D eigenvalue weighted by Crippen LogP contribution is -2.23. The van der Waals surface area contributed by atoms with Crippen LogP contribution in [0.5, 0.6) is 0 Å². The molecule has 0 unspecified atom stereocenters. The summed E-state index contributed by atoms with van der Waals surface area (Å²) in [7, 11) is 0. The van der Waals surface area contributed by atoms with Crippen molar-refractivity contribution in [2.24, 2.45) is 5.41 Å². The van der Waals surface area contributed by atoms with E-state index >= 15 is 4.39 Å². The zero-order valence-corrected chi connectivity index (χ0v) is 18.9. The number of benzene rings is 2. The summed E-state index contributed by atoms with van der Waals surface area (Å²) in [6.07, 6.45) is -2.58. The van der Waals surface area contributed by atoms with E-state index in [9.17, 15) is 8.78 Å². The number of alkyl halides is 2. The molecule has 0 amide bonds. The van der Waals surface area contributed by atoms with Gasteiger partial charge in [0.15, 0.2) is 0 Å². The summed E-state index contributed by atoms with van der Waals surface area (Å²) in [4.78, 5) is 6.55. The van der Waals surface area contributed by atoms with Crippen LogP contribution in [0.2, 0.25) is 0 Å². The van der Waals surface area contributed by atoms with Crippen LogP contribution in [0.1, 0.15) is 30.8 Å². The number of hydrogen-bond donors (Lipinski definition) is 0. The van der Waals surface area contributed by atoms with Gasteiger partial charge in [-0.3, -0.25) is 4.40 Å². The maximum Gasteiger partial charge on any atom is 0.257 e. The zero-order valence-electron chi connectivity index (χ0n) is 18.9. The number of rotatable bonds is 2. The molecule has 1 aliphatic rings. The summed E-state index contributed by atoms with van der Waals surface area (Å²) in [5.74, 6) is 6.53. The molecule has 0 aliphatic carbocycles. The average molecular weight is 465 g/mol. The lowest BCUT2D eigenvalue weighted by molar-refractivity contribution is 0.0570. The van der Waals surface area contributed by atoms with Gasteiger partial charge in [-0.05, 0) is 45.0 Å². The molecule has 34 heavy (non-hydrogen) atoms. The Morgan fingerprint density at radius 1 is 1.12 bits per heavy atom. The second-order valence-corrected chi connectivity index (χ2v) is 8.73. The number of nitrogens with zero attached hydrogens (tertiary/aromatic N) is 5. The van der Waals surface area contributed by atoms with Crippen LogP contribution < -0.4 is 4.90 Å². The van der Waals surface area contributed by atoms with Crippen LogP contribution in [0.3, 0.4) is 0 Å². The van der Waals surface area contributed by atoms with Crippen LogP contribution >= 0.6 is 0 Å². The van der Waals surface area contributed by atoms with Gasteiger partial charge in [0.2, 0.25) is 0 Å². The number of fused-ring (bicyclic) bond motifs is 4. The lowest BCUT2D eigenvalue weighted by Gasteiger charge is -2.25. The quantitative estimate of drug-likeness (QED) is 0.389. The van der Waals surface area contributed by atoms with Gasteiger partial charge in [-0.1, -0.05) is 24.0 Å². The normalized spacial score (nSPS) is 14.3. The van der Waals surface area contributed by atoms with Gasteiger partial charge in [0.25, 0.3) is 12.2 Å². The van der Waals surface area contributed by atoms with E-state index in [0.29, 0.717) is 47.0 Å². The molecule has 6 nitrogen and oxygen atoms in total. The van der Waals surface area contributed by atoms with E-state index in [1.807, 2.05) is 11.0 Å². The van der Waals surface area contributed by atoms with Crippen molar-refractivity contribution >= 4 is 28.2 Å². The molecule has 3 heterocycles. The van der Waals surface area contributed by atoms with E-state index in [2.05, 4.69) is 27.0 Å². The predicted octanol–water partition coefficient (Wildman–Crippen LogP) is 5.04. The number of anilines is 2. The highest BCUT2D eigenvalue weighted by atomic mass is 19.3. The van der Waals surface area contributed by atoms with Crippen molar-refractivity contribution in [2.75, 3.05) is 18.1 Å². The second kappa shape index (κ2) is 8.29. The van der Waals surface area contributed by atoms with Crippen molar-refractivity contribution in [3.8, 4) is 11.8 Å². The highest BCUT2D eigenvalue weighted by molar-refractivity contribution is 5.94. The number of halogens is 3. The Morgan fingerprint density at radius 2 is 1.91 bits per heavy atom. The van der Waals surface area contributed by atoms with Gasteiger partial charge in [0.05, 0.1) is 29.5 Å². The Bertz CT molecular complexity index is 1470. The van der Waals surface area contributed by atoms with E-state index in [1.165, 1.54) is 19.9 Å². The molecular weight excluding hydrogens is 443 g/mol. The van der Waals surface area contributed by atoms with Crippen molar-refractivity contribution in [1.29, 1.82) is 0 Å². The first-order valence-electron chi connectivity index (χ1n) is 10.9. The van der Waals surface area contributed by atoms with Crippen molar-refractivity contribution in [3.63, 3.8) is 0 Å². The monoisotopic (exact) mass is 465 g/mol. The zero-order chi connectivity index (χ0) is 24.0. The molecule has 5 rings (SSSR count). The summed E-state index contributed by atoms with van der Waals surface area (Å²) in [5.41, 5.74) is 1.20. The molecule has 0 fully saturated rings. The summed E-state index contributed by atoms with van der Waals surface area (Å²) < 4.78 is 49.4. The molecule has 1 aliphatic heterocycles. The Kier molecular flexibility index (Phi) is 5.41. The van der Waals surface area contributed by atoms with Gasteiger partial charge in [-0.15, -0.1) is 10.2 Å². The molecule has 0 bridgehead atoms. The molecule has 2 aromatic heterocycles. The van der Waals surface area contributed by atoms with Crippen molar-refractivity contribution < 1.29 is 17.9 Å². The van der Waals surface area contributed by atoms with E-state index in [0.717, 1.165) is 11.3 Å². The fraction of sp³-hybridized carbons (Fsp3) is 0.320. The van der Waals surface area contributed by atoms with Gasteiger partial charge in [0, 0.05) is 23.4 Å². The van der Waals surface area contributed by atoms with Gasteiger partial charge in [0.1, 0.15) is 17.5 Å². The highest BCUT2D eigenvalue weighted by Gasteiger charge is 2.28. The third kappa shape index (κ3) is 3.64. The van der Waals surface area contributed by atoms with E-state index in [-0.39, 0.29) is 6.61 Å². The lowest BCUT2D eigenvalue weighted by atomic mass is 9.94. The molecule has 0 radical (unpaired) electrons. The molecule has 0 spiro atoms. The maximum absolute atomic E-state index is 15.2. The van der Waals surface area contributed by atoms with Crippen LogP contribution in [0.15, 0.2) is 36.4 Å². The van der Waals surface area contributed by atoms with Gasteiger partial charge in [-0.2, -0.15) is 4.98 Å². The first kappa shape index (κ1) is 22.2. The van der Waals surface area contributed by atoms with Gasteiger partial charge < -0.3 is 9.64 Å².